The Hall–Kier alpha value is -2.88. The molecule has 3 heterocycles. The summed E-state index contributed by atoms with van der Waals surface area (Å²) in [6, 6.07) is 22.0. The van der Waals surface area contributed by atoms with E-state index in [4.69, 9.17) is 9.97 Å². The van der Waals surface area contributed by atoms with Crippen LogP contribution in [0.5, 0.6) is 0 Å². The highest BCUT2D eigenvalue weighted by molar-refractivity contribution is 5.55. The fourth-order valence-corrected chi connectivity index (χ4v) is 4.72. The number of benzene rings is 2. The molecule has 2 atom stereocenters. The first-order valence-electron chi connectivity index (χ1n) is 10.7. The summed E-state index contributed by atoms with van der Waals surface area (Å²) in [5, 5.41) is 3.52. The van der Waals surface area contributed by atoms with E-state index in [9.17, 15) is 0 Å². The standard InChI is InChI=1S/C25H28N4/c1-17(2)25-27-23(26-15-18-8-4-3-5-9-18)14-24(28-25)29-16-19-12-13-22(29)21-11-7-6-10-20(19)21/h3-11,14,17,19,22H,12-13,15-16H2,1-2H3,(H,26,27,28)/t19-,22+/m1/s1. The van der Waals surface area contributed by atoms with Gasteiger partial charge < -0.3 is 10.2 Å². The van der Waals surface area contributed by atoms with Crippen molar-refractivity contribution in [3.05, 3.63) is 83.2 Å². The van der Waals surface area contributed by atoms with E-state index in [0.717, 1.165) is 30.5 Å². The molecule has 2 aliphatic heterocycles. The lowest BCUT2D eigenvalue weighted by Crippen LogP contribution is -2.43. The number of fused-ring (bicyclic) bond motifs is 2. The van der Waals surface area contributed by atoms with Gasteiger partial charge in [0.2, 0.25) is 0 Å². The molecule has 3 aliphatic rings. The Balaban J connectivity index is 1.46. The Labute approximate surface area is 173 Å². The molecule has 1 aliphatic carbocycles. The second-order valence-electron chi connectivity index (χ2n) is 8.53. The normalized spacial score (nSPS) is 20.0. The van der Waals surface area contributed by atoms with Crippen LogP contribution >= 0.6 is 0 Å². The number of hydrogen-bond acceptors (Lipinski definition) is 4. The number of anilines is 2. The van der Waals surface area contributed by atoms with Crippen molar-refractivity contribution in [1.29, 1.82) is 0 Å². The molecular formula is C25H28N4. The maximum absolute atomic E-state index is 4.98. The minimum atomic E-state index is 0.293. The van der Waals surface area contributed by atoms with Gasteiger partial charge in [0.25, 0.3) is 0 Å². The predicted octanol–water partition coefficient (Wildman–Crippen LogP) is 5.65. The molecule has 0 amide bonds. The second kappa shape index (κ2) is 7.51. The summed E-state index contributed by atoms with van der Waals surface area (Å²) in [5.74, 6) is 3.78. The lowest BCUT2D eigenvalue weighted by Gasteiger charge is -2.47. The number of aromatic nitrogens is 2. The number of rotatable bonds is 5. The van der Waals surface area contributed by atoms with Crippen molar-refractivity contribution >= 4 is 11.6 Å². The summed E-state index contributed by atoms with van der Waals surface area (Å²) in [6.07, 6.45) is 2.48. The van der Waals surface area contributed by atoms with Crippen LogP contribution in [0.15, 0.2) is 60.7 Å². The van der Waals surface area contributed by atoms with Crippen LogP contribution in [0.25, 0.3) is 0 Å². The van der Waals surface area contributed by atoms with Crippen molar-refractivity contribution < 1.29 is 0 Å². The smallest absolute Gasteiger partial charge is 0.135 e. The van der Waals surface area contributed by atoms with Crippen molar-refractivity contribution in [2.24, 2.45) is 0 Å². The first-order chi connectivity index (χ1) is 14.2. The minimum Gasteiger partial charge on any atom is -0.366 e. The zero-order valence-electron chi connectivity index (χ0n) is 17.2. The summed E-state index contributed by atoms with van der Waals surface area (Å²) >= 11 is 0. The molecule has 2 aromatic carbocycles. The molecule has 0 saturated carbocycles. The molecule has 3 aromatic rings. The van der Waals surface area contributed by atoms with E-state index in [-0.39, 0.29) is 0 Å². The first-order valence-corrected chi connectivity index (χ1v) is 10.7. The van der Waals surface area contributed by atoms with Crippen molar-refractivity contribution in [3.63, 3.8) is 0 Å². The zero-order chi connectivity index (χ0) is 19.8. The Morgan fingerprint density at radius 3 is 2.52 bits per heavy atom. The molecule has 1 saturated heterocycles. The number of nitrogens with zero attached hydrogens (tertiary/aromatic N) is 3. The molecule has 148 valence electrons. The molecule has 0 spiro atoms. The van der Waals surface area contributed by atoms with Crippen molar-refractivity contribution in [1.82, 2.24) is 9.97 Å². The van der Waals surface area contributed by atoms with Crippen LogP contribution in [0.1, 0.15) is 67.1 Å². The molecule has 0 radical (unpaired) electrons. The third-order valence-electron chi connectivity index (χ3n) is 6.23. The van der Waals surface area contributed by atoms with Gasteiger partial charge in [-0.25, -0.2) is 9.97 Å². The zero-order valence-corrected chi connectivity index (χ0v) is 17.2. The number of nitrogens with one attached hydrogen (secondary N) is 1. The van der Waals surface area contributed by atoms with Gasteiger partial charge in [0.15, 0.2) is 0 Å². The van der Waals surface area contributed by atoms with E-state index < -0.39 is 0 Å². The van der Waals surface area contributed by atoms with Crippen LogP contribution in [-0.2, 0) is 6.54 Å². The van der Waals surface area contributed by atoms with Crippen molar-refractivity contribution in [3.8, 4) is 0 Å². The Morgan fingerprint density at radius 1 is 0.966 bits per heavy atom. The second-order valence-corrected chi connectivity index (χ2v) is 8.53. The van der Waals surface area contributed by atoms with E-state index in [2.05, 4.69) is 78.7 Å². The molecule has 6 rings (SSSR count). The highest BCUT2D eigenvalue weighted by atomic mass is 15.2. The summed E-state index contributed by atoms with van der Waals surface area (Å²) in [5.41, 5.74) is 4.28. The van der Waals surface area contributed by atoms with Gasteiger partial charge in [-0.1, -0.05) is 68.4 Å². The van der Waals surface area contributed by atoms with Gasteiger partial charge in [0, 0.05) is 31.0 Å². The molecule has 4 nitrogen and oxygen atoms in total. The van der Waals surface area contributed by atoms with Crippen molar-refractivity contribution in [2.75, 3.05) is 16.8 Å². The first kappa shape index (κ1) is 18.2. The topological polar surface area (TPSA) is 41.1 Å². The fourth-order valence-electron chi connectivity index (χ4n) is 4.72. The summed E-state index contributed by atoms with van der Waals surface area (Å²) in [6.45, 7) is 6.15. The molecule has 0 unspecified atom stereocenters. The molecule has 1 N–H and O–H groups in total. The van der Waals surface area contributed by atoms with E-state index in [1.165, 1.54) is 24.0 Å². The summed E-state index contributed by atoms with van der Waals surface area (Å²) in [4.78, 5) is 12.3. The summed E-state index contributed by atoms with van der Waals surface area (Å²) < 4.78 is 0. The number of hydrogen-bond donors (Lipinski definition) is 1. The SMILES string of the molecule is CC(C)c1nc(NCc2ccccc2)cc(N2C[C@H]3CC[C@H]2c2ccccc23)n1. The summed E-state index contributed by atoms with van der Waals surface area (Å²) in [7, 11) is 0. The van der Waals surface area contributed by atoms with E-state index in [1.54, 1.807) is 5.56 Å². The van der Waals surface area contributed by atoms with E-state index in [0.29, 0.717) is 17.9 Å². The van der Waals surface area contributed by atoms with Gasteiger partial charge in [-0.15, -0.1) is 0 Å². The van der Waals surface area contributed by atoms with E-state index in [1.807, 2.05) is 6.07 Å². The lowest BCUT2D eigenvalue weighted by molar-refractivity contribution is 0.386. The van der Waals surface area contributed by atoms with Crippen LogP contribution in [0.2, 0.25) is 0 Å². The van der Waals surface area contributed by atoms with Gasteiger partial charge in [-0.05, 0) is 29.5 Å². The van der Waals surface area contributed by atoms with Gasteiger partial charge >= 0.3 is 0 Å². The van der Waals surface area contributed by atoms with Crippen LogP contribution in [-0.4, -0.2) is 16.5 Å². The number of piperidine rings is 1. The van der Waals surface area contributed by atoms with Gasteiger partial charge in [-0.3, -0.25) is 0 Å². The Bertz CT molecular complexity index is 999. The molecule has 2 bridgehead atoms. The third-order valence-corrected chi connectivity index (χ3v) is 6.23. The minimum absolute atomic E-state index is 0.293. The van der Waals surface area contributed by atoms with Crippen LogP contribution in [0.3, 0.4) is 0 Å². The van der Waals surface area contributed by atoms with E-state index >= 15 is 0 Å². The van der Waals surface area contributed by atoms with Crippen LogP contribution < -0.4 is 10.2 Å². The average molecular weight is 385 g/mol. The van der Waals surface area contributed by atoms with Crippen LogP contribution in [0, 0.1) is 0 Å². The molecule has 4 heteroatoms. The van der Waals surface area contributed by atoms with Gasteiger partial charge in [0.05, 0.1) is 6.04 Å². The van der Waals surface area contributed by atoms with Crippen molar-refractivity contribution in [2.45, 2.75) is 51.1 Å². The van der Waals surface area contributed by atoms with Gasteiger partial charge in [0.1, 0.15) is 17.5 Å². The maximum atomic E-state index is 4.98. The third kappa shape index (κ3) is 3.48. The van der Waals surface area contributed by atoms with Gasteiger partial charge in [-0.2, -0.15) is 0 Å². The largest absolute Gasteiger partial charge is 0.366 e. The predicted molar refractivity (Wildman–Crippen MR) is 118 cm³/mol. The average Bonchev–Trinajstić information content (AvgIpc) is 2.78. The maximum Gasteiger partial charge on any atom is 0.135 e. The Morgan fingerprint density at radius 2 is 1.72 bits per heavy atom. The molecular weight excluding hydrogens is 356 g/mol. The fraction of sp³-hybridized carbons (Fsp3) is 0.360. The molecule has 1 aromatic heterocycles. The molecule has 29 heavy (non-hydrogen) atoms. The highest BCUT2D eigenvalue weighted by Crippen LogP contribution is 2.48. The van der Waals surface area contributed by atoms with Crippen LogP contribution in [0.4, 0.5) is 11.6 Å². The molecule has 1 fully saturated rings. The lowest BCUT2D eigenvalue weighted by atomic mass is 9.75. The highest BCUT2D eigenvalue weighted by Gasteiger charge is 2.38. The monoisotopic (exact) mass is 384 g/mol. The Kier molecular flexibility index (Phi) is 4.70. The quantitative estimate of drug-likeness (QED) is 0.617.